The van der Waals surface area contributed by atoms with Crippen molar-refractivity contribution < 1.29 is 23.9 Å². The summed E-state index contributed by atoms with van der Waals surface area (Å²) in [6.07, 6.45) is 3.67. The maximum atomic E-state index is 12.8. The van der Waals surface area contributed by atoms with Crippen LogP contribution in [0.3, 0.4) is 0 Å². The van der Waals surface area contributed by atoms with E-state index < -0.39 is 24.4 Å². The molecule has 0 saturated carbocycles. The number of amides is 3. The fourth-order valence-corrected chi connectivity index (χ4v) is 3.40. The molecule has 0 saturated heterocycles. The topological polar surface area (TPSA) is 84.0 Å². The van der Waals surface area contributed by atoms with E-state index in [-0.39, 0.29) is 29.1 Å². The number of fused-ring (bicyclic) bond motifs is 1. The Bertz CT molecular complexity index is 1050. The van der Waals surface area contributed by atoms with Gasteiger partial charge in [0.15, 0.2) is 6.61 Å². The molecule has 2 aromatic rings. The maximum Gasteiger partial charge on any atom is 0.338 e. The lowest BCUT2D eigenvalue weighted by molar-refractivity contribution is -0.133. The van der Waals surface area contributed by atoms with Gasteiger partial charge in [0.05, 0.1) is 16.7 Å². The van der Waals surface area contributed by atoms with E-state index in [1.165, 1.54) is 28.0 Å². The van der Waals surface area contributed by atoms with Gasteiger partial charge >= 0.3 is 5.97 Å². The highest BCUT2D eigenvalue weighted by atomic mass is 16.5. The number of ether oxygens (including phenoxy) is 1. The molecule has 0 N–H and O–H groups in total. The molecule has 1 aliphatic heterocycles. The van der Waals surface area contributed by atoms with Crippen molar-refractivity contribution in [2.75, 3.05) is 26.2 Å². The first kappa shape index (κ1) is 22.7. The van der Waals surface area contributed by atoms with Crippen LogP contribution in [0.25, 0.3) is 0 Å². The van der Waals surface area contributed by atoms with Crippen molar-refractivity contribution >= 4 is 23.7 Å². The summed E-state index contributed by atoms with van der Waals surface area (Å²) in [5.74, 6) is -1.98. The van der Waals surface area contributed by atoms with Crippen molar-refractivity contribution in [1.82, 2.24) is 9.80 Å². The Balaban J connectivity index is 1.65. The van der Waals surface area contributed by atoms with Gasteiger partial charge in [0.25, 0.3) is 17.7 Å². The van der Waals surface area contributed by atoms with Crippen LogP contribution in [0.1, 0.15) is 36.6 Å². The highest BCUT2D eigenvalue weighted by Gasteiger charge is 2.35. The van der Waals surface area contributed by atoms with Crippen LogP contribution in [0.2, 0.25) is 0 Å². The normalized spacial score (nSPS) is 12.3. The van der Waals surface area contributed by atoms with E-state index >= 15 is 0 Å². The summed E-state index contributed by atoms with van der Waals surface area (Å²) in [7, 11) is 0. The molecule has 2 aromatic carbocycles. The SMILES string of the molecule is C=CCN(CC=C)C(=O)COC(=O)c1ccc2c(c1)C(=O)N(CCc1ccccc1)C2=O. The summed E-state index contributed by atoms with van der Waals surface area (Å²) in [4.78, 5) is 52.7. The Labute approximate surface area is 186 Å². The Hall–Kier alpha value is -4.00. The molecule has 7 heteroatoms. The standard InChI is InChI=1S/C25H24N2O5/c1-3-13-26(14-4-2)22(28)17-32-25(31)19-10-11-20-21(16-19)24(30)27(23(20)29)15-12-18-8-6-5-7-9-18/h3-11,16H,1-2,12-15,17H2. The van der Waals surface area contributed by atoms with Crippen LogP contribution >= 0.6 is 0 Å². The first-order valence-corrected chi connectivity index (χ1v) is 10.2. The van der Waals surface area contributed by atoms with Gasteiger partial charge in [0.2, 0.25) is 0 Å². The second-order valence-electron chi connectivity index (χ2n) is 7.21. The number of hydrogen-bond acceptors (Lipinski definition) is 5. The molecule has 164 valence electrons. The lowest BCUT2D eigenvalue weighted by Gasteiger charge is -2.18. The van der Waals surface area contributed by atoms with Crippen LogP contribution in [0, 0.1) is 0 Å². The fraction of sp³-hybridized carbons (Fsp3) is 0.200. The molecule has 1 heterocycles. The minimum absolute atomic E-state index is 0.0987. The average molecular weight is 432 g/mol. The molecular weight excluding hydrogens is 408 g/mol. The molecular formula is C25H24N2O5. The first-order chi connectivity index (χ1) is 15.5. The summed E-state index contributed by atoms with van der Waals surface area (Å²) in [5, 5.41) is 0. The summed E-state index contributed by atoms with van der Waals surface area (Å²) in [5.41, 5.74) is 1.52. The molecule has 0 atom stereocenters. The summed E-state index contributed by atoms with van der Waals surface area (Å²) in [6.45, 7) is 7.58. The number of imide groups is 1. The third-order valence-electron chi connectivity index (χ3n) is 5.05. The molecule has 0 bridgehead atoms. The van der Waals surface area contributed by atoms with E-state index in [9.17, 15) is 19.2 Å². The van der Waals surface area contributed by atoms with Gasteiger partial charge in [-0.3, -0.25) is 19.3 Å². The Morgan fingerprint density at radius 2 is 1.59 bits per heavy atom. The van der Waals surface area contributed by atoms with Gasteiger partial charge in [-0.1, -0.05) is 42.5 Å². The van der Waals surface area contributed by atoms with E-state index in [4.69, 9.17) is 4.74 Å². The van der Waals surface area contributed by atoms with Gasteiger partial charge in [-0.25, -0.2) is 4.79 Å². The highest BCUT2D eigenvalue weighted by molar-refractivity contribution is 6.22. The summed E-state index contributed by atoms with van der Waals surface area (Å²) < 4.78 is 5.11. The van der Waals surface area contributed by atoms with Crippen LogP contribution in [-0.2, 0) is 16.0 Å². The minimum atomic E-state index is -0.749. The van der Waals surface area contributed by atoms with Gasteiger partial charge in [0, 0.05) is 19.6 Å². The molecule has 1 aliphatic rings. The van der Waals surface area contributed by atoms with Crippen LogP contribution in [0.5, 0.6) is 0 Å². The van der Waals surface area contributed by atoms with Crippen LogP contribution in [0.4, 0.5) is 0 Å². The van der Waals surface area contributed by atoms with Crippen LogP contribution < -0.4 is 0 Å². The molecule has 0 aliphatic carbocycles. The van der Waals surface area contributed by atoms with E-state index in [0.717, 1.165) is 5.56 Å². The van der Waals surface area contributed by atoms with Gasteiger partial charge in [-0.05, 0) is 30.2 Å². The smallest absolute Gasteiger partial charge is 0.338 e. The number of hydrogen-bond donors (Lipinski definition) is 0. The number of carbonyl (C=O) groups excluding carboxylic acids is 4. The Morgan fingerprint density at radius 1 is 0.938 bits per heavy atom. The monoisotopic (exact) mass is 432 g/mol. The summed E-state index contributed by atoms with van der Waals surface area (Å²) >= 11 is 0. The fourth-order valence-electron chi connectivity index (χ4n) is 3.40. The van der Waals surface area contributed by atoms with Crippen molar-refractivity contribution in [2.24, 2.45) is 0 Å². The number of carbonyl (C=O) groups is 4. The molecule has 0 aromatic heterocycles. The number of rotatable bonds is 10. The molecule has 3 rings (SSSR count). The van der Waals surface area contributed by atoms with E-state index in [1.54, 1.807) is 12.2 Å². The third-order valence-corrected chi connectivity index (χ3v) is 5.05. The van der Waals surface area contributed by atoms with Crippen molar-refractivity contribution in [3.8, 4) is 0 Å². The molecule has 32 heavy (non-hydrogen) atoms. The third kappa shape index (κ3) is 5.00. The molecule has 0 unspecified atom stereocenters. The highest BCUT2D eigenvalue weighted by Crippen LogP contribution is 2.24. The number of nitrogens with zero attached hydrogens (tertiary/aromatic N) is 2. The van der Waals surface area contributed by atoms with Crippen molar-refractivity contribution in [3.63, 3.8) is 0 Å². The maximum absolute atomic E-state index is 12.8. The molecule has 3 amide bonds. The number of esters is 1. The van der Waals surface area contributed by atoms with Crippen molar-refractivity contribution in [3.05, 3.63) is 96.1 Å². The van der Waals surface area contributed by atoms with Gasteiger partial charge in [-0.15, -0.1) is 13.2 Å². The van der Waals surface area contributed by atoms with Gasteiger partial charge < -0.3 is 9.64 Å². The van der Waals surface area contributed by atoms with Gasteiger partial charge in [-0.2, -0.15) is 0 Å². The van der Waals surface area contributed by atoms with E-state index in [1.807, 2.05) is 30.3 Å². The van der Waals surface area contributed by atoms with Crippen molar-refractivity contribution in [2.45, 2.75) is 6.42 Å². The zero-order chi connectivity index (χ0) is 23.1. The second kappa shape index (κ2) is 10.3. The first-order valence-electron chi connectivity index (χ1n) is 10.2. The Kier molecular flexibility index (Phi) is 7.33. The molecule has 0 spiro atoms. The van der Waals surface area contributed by atoms with Crippen LogP contribution in [0.15, 0.2) is 73.8 Å². The lowest BCUT2D eigenvalue weighted by atomic mass is 10.1. The average Bonchev–Trinajstić information content (AvgIpc) is 3.05. The molecule has 0 radical (unpaired) electrons. The van der Waals surface area contributed by atoms with Crippen LogP contribution in [-0.4, -0.2) is 59.7 Å². The number of benzene rings is 2. The second-order valence-corrected chi connectivity index (χ2v) is 7.21. The predicted octanol–water partition coefficient (Wildman–Crippen LogP) is 2.88. The largest absolute Gasteiger partial charge is 0.452 e. The van der Waals surface area contributed by atoms with E-state index in [2.05, 4.69) is 13.2 Å². The Morgan fingerprint density at radius 3 is 2.25 bits per heavy atom. The van der Waals surface area contributed by atoms with E-state index in [0.29, 0.717) is 19.5 Å². The molecule has 0 fully saturated rings. The quantitative estimate of drug-likeness (QED) is 0.328. The summed E-state index contributed by atoms with van der Waals surface area (Å²) in [6, 6.07) is 13.8. The minimum Gasteiger partial charge on any atom is -0.452 e. The van der Waals surface area contributed by atoms with Gasteiger partial charge in [0.1, 0.15) is 0 Å². The molecule has 7 nitrogen and oxygen atoms in total. The predicted molar refractivity (Wildman–Crippen MR) is 119 cm³/mol. The zero-order valence-corrected chi connectivity index (χ0v) is 17.7. The lowest BCUT2D eigenvalue weighted by Crippen LogP contribution is -2.35. The zero-order valence-electron chi connectivity index (χ0n) is 17.7. The van der Waals surface area contributed by atoms with Crippen molar-refractivity contribution in [1.29, 1.82) is 0 Å².